The quantitative estimate of drug-likeness (QED) is 0.682. The van der Waals surface area contributed by atoms with Gasteiger partial charge in [-0.15, -0.1) is 0 Å². The third-order valence-electron chi connectivity index (χ3n) is 3.36. The van der Waals surface area contributed by atoms with Crippen molar-refractivity contribution >= 4 is 23.7 Å². The van der Waals surface area contributed by atoms with Gasteiger partial charge in [0.25, 0.3) is 5.91 Å². The molecule has 6 nitrogen and oxygen atoms in total. The van der Waals surface area contributed by atoms with E-state index in [0.717, 1.165) is 5.56 Å². The second-order valence-corrected chi connectivity index (χ2v) is 5.40. The van der Waals surface area contributed by atoms with E-state index in [2.05, 4.69) is 10.5 Å². The Balaban J connectivity index is 1.60. The molecular weight excluding hydrogens is 332 g/mol. The molecule has 0 aliphatic carbocycles. The maximum Gasteiger partial charge on any atom is 0.284 e. The van der Waals surface area contributed by atoms with E-state index in [4.69, 9.17) is 25.8 Å². The molecule has 24 heavy (non-hydrogen) atoms. The minimum absolute atomic E-state index is 0.132. The highest BCUT2D eigenvalue weighted by atomic mass is 35.5. The lowest BCUT2D eigenvalue weighted by Crippen LogP contribution is -2.42. The number of rotatable bonds is 4. The molecule has 0 saturated carbocycles. The summed E-state index contributed by atoms with van der Waals surface area (Å²) in [6.07, 6.45) is 0.741. The number of amides is 1. The highest BCUT2D eigenvalue weighted by molar-refractivity contribution is 6.32. The van der Waals surface area contributed by atoms with Crippen molar-refractivity contribution in [3.63, 3.8) is 0 Å². The molecule has 1 aliphatic rings. The monoisotopic (exact) mass is 346 g/mol. The summed E-state index contributed by atoms with van der Waals surface area (Å²) in [6.45, 7) is 0.132. The van der Waals surface area contributed by atoms with Gasteiger partial charge in [-0.3, -0.25) is 4.79 Å². The average Bonchev–Trinajstić information content (AvgIpc) is 2.62. The fourth-order valence-corrected chi connectivity index (χ4v) is 2.34. The highest BCUT2D eigenvalue weighted by Gasteiger charge is 2.26. The van der Waals surface area contributed by atoms with Crippen molar-refractivity contribution < 1.29 is 19.0 Å². The summed E-state index contributed by atoms with van der Waals surface area (Å²) in [5.41, 5.74) is 3.17. The third-order valence-corrected chi connectivity index (χ3v) is 3.68. The summed E-state index contributed by atoms with van der Waals surface area (Å²) in [5.74, 6) is 1.31. The summed E-state index contributed by atoms with van der Waals surface area (Å²) in [4.78, 5) is 12.1. The lowest BCUT2D eigenvalue weighted by molar-refractivity contribution is -0.130. The van der Waals surface area contributed by atoms with Crippen LogP contribution in [0, 0.1) is 0 Å². The number of nitrogens with zero attached hydrogens (tertiary/aromatic N) is 1. The van der Waals surface area contributed by atoms with Crippen LogP contribution < -0.4 is 19.6 Å². The molecule has 1 heterocycles. The molecule has 1 amide bonds. The number of hydrazone groups is 1. The molecule has 0 fully saturated rings. The van der Waals surface area contributed by atoms with Crippen molar-refractivity contribution in [2.45, 2.75) is 6.10 Å². The molecule has 0 aromatic heterocycles. The third kappa shape index (κ3) is 3.60. The van der Waals surface area contributed by atoms with Crippen LogP contribution in [0.15, 0.2) is 47.6 Å². The predicted octanol–water partition coefficient (Wildman–Crippen LogP) is 2.64. The Labute approximate surface area is 144 Å². The van der Waals surface area contributed by atoms with Crippen LogP contribution in [0.5, 0.6) is 17.2 Å². The van der Waals surface area contributed by atoms with Gasteiger partial charge in [0.05, 0.1) is 18.3 Å². The van der Waals surface area contributed by atoms with Gasteiger partial charge >= 0.3 is 0 Å². The maximum atomic E-state index is 12.1. The number of carbonyl (C=O) groups is 1. The number of hydrogen-bond acceptors (Lipinski definition) is 5. The summed E-state index contributed by atoms with van der Waals surface area (Å²) in [7, 11) is 1.53. The fourth-order valence-electron chi connectivity index (χ4n) is 2.15. The number of methoxy groups -OCH3 is 1. The van der Waals surface area contributed by atoms with Crippen molar-refractivity contribution in [1.29, 1.82) is 0 Å². The van der Waals surface area contributed by atoms with E-state index < -0.39 is 6.10 Å². The lowest BCUT2D eigenvalue weighted by Gasteiger charge is -2.24. The van der Waals surface area contributed by atoms with Gasteiger partial charge in [0.1, 0.15) is 12.4 Å². The van der Waals surface area contributed by atoms with Crippen LogP contribution in [-0.2, 0) is 4.79 Å². The Kier molecular flexibility index (Phi) is 4.86. The van der Waals surface area contributed by atoms with Gasteiger partial charge in [-0.2, -0.15) is 5.10 Å². The molecule has 0 spiro atoms. The first kappa shape index (κ1) is 16.1. The smallest absolute Gasteiger partial charge is 0.284 e. The van der Waals surface area contributed by atoms with Crippen LogP contribution in [0.1, 0.15) is 5.56 Å². The van der Waals surface area contributed by atoms with Crippen molar-refractivity contribution in [2.75, 3.05) is 13.7 Å². The van der Waals surface area contributed by atoms with E-state index in [1.807, 2.05) is 12.1 Å². The van der Waals surface area contributed by atoms with Gasteiger partial charge < -0.3 is 14.2 Å². The Morgan fingerprint density at radius 3 is 2.92 bits per heavy atom. The minimum Gasteiger partial charge on any atom is -0.495 e. The van der Waals surface area contributed by atoms with Crippen molar-refractivity contribution in [1.82, 2.24) is 5.43 Å². The first-order valence-corrected chi connectivity index (χ1v) is 7.60. The zero-order chi connectivity index (χ0) is 16.9. The predicted molar refractivity (Wildman–Crippen MR) is 90.1 cm³/mol. The molecular formula is C17H15ClN2O4. The van der Waals surface area contributed by atoms with Gasteiger partial charge in [0.2, 0.25) is 6.10 Å². The van der Waals surface area contributed by atoms with Crippen molar-refractivity contribution in [3.8, 4) is 17.2 Å². The van der Waals surface area contributed by atoms with E-state index in [-0.39, 0.29) is 12.5 Å². The molecule has 2 aromatic carbocycles. The Morgan fingerprint density at radius 1 is 1.33 bits per heavy atom. The van der Waals surface area contributed by atoms with Crippen LogP contribution in [0.3, 0.4) is 0 Å². The van der Waals surface area contributed by atoms with Gasteiger partial charge in [-0.1, -0.05) is 29.8 Å². The van der Waals surface area contributed by atoms with Crippen LogP contribution >= 0.6 is 11.6 Å². The molecule has 1 unspecified atom stereocenters. The van der Waals surface area contributed by atoms with Gasteiger partial charge in [-0.05, 0) is 29.8 Å². The molecule has 1 atom stereocenters. The topological polar surface area (TPSA) is 69.2 Å². The van der Waals surface area contributed by atoms with Gasteiger partial charge in [0.15, 0.2) is 11.5 Å². The minimum atomic E-state index is -0.753. The lowest BCUT2D eigenvalue weighted by atomic mass is 10.2. The molecule has 3 rings (SSSR count). The van der Waals surface area contributed by atoms with Gasteiger partial charge in [0, 0.05) is 0 Å². The molecule has 124 valence electrons. The molecule has 1 N–H and O–H groups in total. The van der Waals surface area contributed by atoms with Crippen LogP contribution in [0.4, 0.5) is 0 Å². The van der Waals surface area contributed by atoms with Crippen molar-refractivity contribution in [3.05, 3.63) is 53.1 Å². The fraction of sp³-hybridized carbons (Fsp3) is 0.176. The second kappa shape index (κ2) is 7.23. The number of carbonyl (C=O) groups excluding carboxylic acids is 1. The standard InChI is InChI=1S/C17H15ClN2O4/c1-22-15-8-11(6-7-12(15)18)9-19-20-17(21)16-10-23-13-4-2-3-5-14(13)24-16/h2-9,16H,10H2,1H3,(H,20,21). The Morgan fingerprint density at radius 2 is 2.12 bits per heavy atom. The van der Waals surface area contributed by atoms with E-state index in [0.29, 0.717) is 22.3 Å². The van der Waals surface area contributed by atoms with E-state index >= 15 is 0 Å². The largest absolute Gasteiger partial charge is 0.495 e. The molecule has 0 bridgehead atoms. The normalized spacial score (nSPS) is 16.0. The number of nitrogens with one attached hydrogen (secondary N) is 1. The maximum absolute atomic E-state index is 12.1. The zero-order valence-electron chi connectivity index (χ0n) is 12.9. The number of para-hydroxylation sites is 2. The second-order valence-electron chi connectivity index (χ2n) is 4.99. The van der Waals surface area contributed by atoms with Crippen LogP contribution in [0.25, 0.3) is 0 Å². The Hall–Kier alpha value is -2.73. The highest BCUT2D eigenvalue weighted by Crippen LogP contribution is 2.30. The number of halogens is 1. The summed E-state index contributed by atoms with van der Waals surface area (Å²) in [5, 5.41) is 4.42. The molecule has 1 aliphatic heterocycles. The first-order chi connectivity index (χ1) is 11.7. The number of fused-ring (bicyclic) bond motifs is 1. The number of hydrogen-bond donors (Lipinski definition) is 1. The summed E-state index contributed by atoms with van der Waals surface area (Å²) < 4.78 is 16.2. The van der Waals surface area contributed by atoms with E-state index in [9.17, 15) is 4.79 Å². The molecule has 7 heteroatoms. The first-order valence-electron chi connectivity index (χ1n) is 7.22. The molecule has 2 aromatic rings. The van der Waals surface area contributed by atoms with Crippen LogP contribution in [0.2, 0.25) is 5.02 Å². The SMILES string of the molecule is COc1cc(C=NNC(=O)C2COc3ccccc3O2)ccc1Cl. The zero-order valence-corrected chi connectivity index (χ0v) is 13.6. The molecule has 0 radical (unpaired) electrons. The number of ether oxygens (including phenoxy) is 3. The average molecular weight is 347 g/mol. The summed E-state index contributed by atoms with van der Waals surface area (Å²) in [6, 6.07) is 12.4. The van der Waals surface area contributed by atoms with E-state index in [1.54, 1.807) is 30.3 Å². The van der Waals surface area contributed by atoms with Crippen LogP contribution in [-0.4, -0.2) is 31.9 Å². The Bertz CT molecular complexity index is 779. The number of benzene rings is 2. The van der Waals surface area contributed by atoms with Crippen molar-refractivity contribution in [2.24, 2.45) is 5.10 Å². The van der Waals surface area contributed by atoms with Gasteiger partial charge in [-0.25, -0.2) is 5.43 Å². The summed E-state index contributed by atoms with van der Waals surface area (Å²) >= 11 is 5.95. The van der Waals surface area contributed by atoms with E-state index in [1.165, 1.54) is 13.3 Å². The molecule has 0 saturated heterocycles.